The van der Waals surface area contributed by atoms with Gasteiger partial charge in [-0.25, -0.2) is 0 Å². The first kappa shape index (κ1) is 12.4. The van der Waals surface area contributed by atoms with Crippen molar-refractivity contribution in [3.63, 3.8) is 0 Å². The minimum Gasteiger partial charge on any atom is -0.375 e. The summed E-state index contributed by atoms with van der Waals surface area (Å²) in [6, 6.07) is 0.213. The zero-order valence-corrected chi connectivity index (χ0v) is 8.96. The molecule has 0 bridgehead atoms. The van der Waals surface area contributed by atoms with Crippen molar-refractivity contribution in [1.82, 2.24) is 10.2 Å². The zero-order chi connectivity index (χ0) is 10.3. The summed E-state index contributed by atoms with van der Waals surface area (Å²) in [4.78, 5) is 13.1. The van der Waals surface area contributed by atoms with Crippen molar-refractivity contribution in [3.05, 3.63) is 0 Å². The largest absolute Gasteiger partial charge is 0.375 e. The van der Waals surface area contributed by atoms with Gasteiger partial charge in [-0.3, -0.25) is 4.79 Å². The fourth-order valence-corrected chi connectivity index (χ4v) is 0.972. The van der Waals surface area contributed by atoms with Crippen LogP contribution in [0.25, 0.3) is 0 Å². The van der Waals surface area contributed by atoms with Gasteiger partial charge in [-0.15, -0.1) is 0 Å². The van der Waals surface area contributed by atoms with Gasteiger partial charge < -0.3 is 15.0 Å². The number of nitrogens with one attached hydrogen (secondary N) is 1. The third-order valence-corrected chi connectivity index (χ3v) is 1.69. The number of ether oxygens (including phenoxy) is 1. The third kappa shape index (κ3) is 7.74. The molecule has 0 radical (unpaired) electrons. The fraction of sp³-hybridized carbons (Fsp3) is 0.889. The molecule has 0 aromatic carbocycles. The van der Waals surface area contributed by atoms with E-state index < -0.39 is 0 Å². The van der Waals surface area contributed by atoms with Gasteiger partial charge >= 0.3 is 0 Å². The molecule has 0 rings (SSSR count). The van der Waals surface area contributed by atoms with Gasteiger partial charge in [0.2, 0.25) is 5.91 Å². The van der Waals surface area contributed by atoms with Gasteiger partial charge in [0.1, 0.15) is 6.61 Å². The number of amides is 1. The van der Waals surface area contributed by atoms with Gasteiger partial charge in [0.15, 0.2) is 0 Å². The number of methoxy groups -OCH3 is 1. The van der Waals surface area contributed by atoms with Crippen LogP contribution in [0.5, 0.6) is 0 Å². The van der Waals surface area contributed by atoms with Crippen LogP contribution in [-0.4, -0.2) is 51.2 Å². The number of hydrogen-bond donors (Lipinski definition) is 1. The monoisotopic (exact) mass is 188 g/mol. The Morgan fingerprint density at radius 1 is 1.54 bits per heavy atom. The number of nitrogens with zero attached hydrogens (tertiary/aromatic N) is 1. The molecule has 78 valence electrons. The van der Waals surface area contributed by atoms with Crippen molar-refractivity contribution < 1.29 is 9.53 Å². The summed E-state index contributed by atoms with van der Waals surface area (Å²) >= 11 is 0. The molecule has 1 atom stereocenters. The SMILES string of the molecule is COCC(=O)NC(C)CCN(C)C. The second-order valence-corrected chi connectivity index (χ2v) is 3.49. The standard InChI is InChI=1S/C9H20N2O2/c1-8(5-6-11(2)3)10-9(12)7-13-4/h8H,5-7H2,1-4H3,(H,10,12). The highest BCUT2D eigenvalue weighted by molar-refractivity contribution is 5.77. The average Bonchev–Trinajstić information content (AvgIpc) is 2.01. The molecule has 0 aliphatic heterocycles. The lowest BCUT2D eigenvalue weighted by atomic mass is 10.2. The van der Waals surface area contributed by atoms with E-state index in [-0.39, 0.29) is 18.6 Å². The second kappa shape index (κ2) is 6.86. The van der Waals surface area contributed by atoms with E-state index in [1.165, 1.54) is 7.11 Å². The van der Waals surface area contributed by atoms with E-state index in [2.05, 4.69) is 10.2 Å². The summed E-state index contributed by atoms with van der Waals surface area (Å²) < 4.78 is 4.71. The minimum atomic E-state index is -0.0474. The van der Waals surface area contributed by atoms with Crippen molar-refractivity contribution in [2.45, 2.75) is 19.4 Å². The van der Waals surface area contributed by atoms with Gasteiger partial charge in [0.25, 0.3) is 0 Å². The predicted molar refractivity (Wildman–Crippen MR) is 52.7 cm³/mol. The fourth-order valence-electron chi connectivity index (χ4n) is 0.972. The maximum atomic E-state index is 11.0. The lowest BCUT2D eigenvalue weighted by Crippen LogP contribution is -2.36. The van der Waals surface area contributed by atoms with E-state index in [1.54, 1.807) is 0 Å². The summed E-state index contributed by atoms with van der Waals surface area (Å²) in [7, 11) is 5.55. The van der Waals surface area contributed by atoms with Crippen molar-refractivity contribution >= 4 is 5.91 Å². The first-order chi connectivity index (χ1) is 6.06. The van der Waals surface area contributed by atoms with Crippen molar-refractivity contribution in [3.8, 4) is 0 Å². The topological polar surface area (TPSA) is 41.6 Å². The van der Waals surface area contributed by atoms with E-state index in [4.69, 9.17) is 4.74 Å². The maximum Gasteiger partial charge on any atom is 0.246 e. The number of carbonyl (C=O) groups is 1. The quantitative estimate of drug-likeness (QED) is 0.642. The van der Waals surface area contributed by atoms with Crippen LogP contribution in [0.15, 0.2) is 0 Å². The van der Waals surface area contributed by atoms with Crippen molar-refractivity contribution in [2.75, 3.05) is 34.4 Å². The predicted octanol–water partition coefficient (Wildman–Crippen LogP) is 0.0892. The van der Waals surface area contributed by atoms with E-state index >= 15 is 0 Å². The highest BCUT2D eigenvalue weighted by Crippen LogP contribution is 1.91. The Balaban J connectivity index is 3.49. The molecule has 0 aliphatic rings. The molecule has 0 aliphatic carbocycles. The Morgan fingerprint density at radius 3 is 2.62 bits per heavy atom. The van der Waals surface area contributed by atoms with Crippen LogP contribution in [0.3, 0.4) is 0 Å². The van der Waals surface area contributed by atoms with Crippen molar-refractivity contribution in [1.29, 1.82) is 0 Å². The van der Waals surface area contributed by atoms with Crippen LogP contribution in [0.1, 0.15) is 13.3 Å². The Morgan fingerprint density at radius 2 is 2.15 bits per heavy atom. The Hall–Kier alpha value is -0.610. The first-order valence-electron chi connectivity index (χ1n) is 4.49. The van der Waals surface area contributed by atoms with E-state index in [9.17, 15) is 4.79 Å². The molecule has 0 spiro atoms. The molecule has 0 saturated heterocycles. The Kier molecular flexibility index (Phi) is 6.54. The van der Waals surface area contributed by atoms with Crippen LogP contribution in [0, 0.1) is 0 Å². The van der Waals surface area contributed by atoms with Gasteiger partial charge in [-0.2, -0.15) is 0 Å². The molecule has 4 nitrogen and oxygen atoms in total. The Labute approximate surface area is 80.2 Å². The lowest BCUT2D eigenvalue weighted by molar-refractivity contribution is -0.125. The van der Waals surface area contributed by atoms with Crippen LogP contribution in [-0.2, 0) is 9.53 Å². The summed E-state index contributed by atoms with van der Waals surface area (Å²) in [6.07, 6.45) is 0.961. The molecular formula is C9H20N2O2. The minimum absolute atomic E-state index is 0.0474. The van der Waals surface area contributed by atoms with E-state index in [0.717, 1.165) is 13.0 Å². The normalized spacial score (nSPS) is 13.0. The second-order valence-electron chi connectivity index (χ2n) is 3.49. The number of carbonyl (C=O) groups excluding carboxylic acids is 1. The number of rotatable bonds is 6. The van der Waals surface area contributed by atoms with Gasteiger partial charge in [-0.05, 0) is 34.0 Å². The molecular weight excluding hydrogens is 168 g/mol. The molecule has 4 heteroatoms. The van der Waals surface area contributed by atoms with Gasteiger partial charge in [0, 0.05) is 13.2 Å². The molecule has 0 fully saturated rings. The molecule has 1 unspecified atom stereocenters. The third-order valence-electron chi connectivity index (χ3n) is 1.69. The number of hydrogen-bond acceptors (Lipinski definition) is 3. The average molecular weight is 188 g/mol. The highest BCUT2D eigenvalue weighted by atomic mass is 16.5. The summed E-state index contributed by atoms with van der Waals surface area (Å²) in [5.41, 5.74) is 0. The molecule has 13 heavy (non-hydrogen) atoms. The highest BCUT2D eigenvalue weighted by Gasteiger charge is 2.06. The summed E-state index contributed by atoms with van der Waals surface area (Å²) in [5, 5.41) is 2.85. The zero-order valence-electron chi connectivity index (χ0n) is 8.96. The molecule has 0 heterocycles. The first-order valence-corrected chi connectivity index (χ1v) is 4.49. The van der Waals surface area contributed by atoms with E-state index in [1.807, 2.05) is 21.0 Å². The van der Waals surface area contributed by atoms with Crippen LogP contribution in [0.2, 0.25) is 0 Å². The molecule has 0 aromatic rings. The lowest BCUT2D eigenvalue weighted by Gasteiger charge is -2.16. The van der Waals surface area contributed by atoms with Crippen molar-refractivity contribution in [2.24, 2.45) is 0 Å². The van der Waals surface area contributed by atoms with Crippen LogP contribution in [0.4, 0.5) is 0 Å². The van der Waals surface area contributed by atoms with Crippen LogP contribution >= 0.6 is 0 Å². The molecule has 0 aromatic heterocycles. The maximum absolute atomic E-state index is 11.0. The van der Waals surface area contributed by atoms with E-state index in [0.29, 0.717) is 0 Å². The van der Waals surface area contributed by atoms with Gasteiger partial charge in [-0.1, -0.05) is 0 Å². The van der Waals surface area contributed by atoms with Gasteiger partial charge in [0.05, 0.1) is 0 Å². The smallest absolute Gasteiger partial charge is 0.246 e. The Bertz CT molecular complexity index is 149. The summed E-state index contributed by atoms with van der Waals surface area (Å²) in [6.45, 7) is 3.12. The summed E-state index contributed by atoms with van der Waals surface area (Å²) in [5.74, 6) is -0.0474. The molecule has 1 N–H and O–H groups in total. The molecule has 0 saturated carbocycles. The molecule has 1 amide bonds. The van der Waals surface area contributed by atoms with Crippen LogP contribution < -0.4 is 5.32 Å².